The number of nitrogen functional groups attached to an aromatic ring is 1. The van der Waals surface area contributed by atoms with Crippen LogP contribution in [0.5, 0.6) is 5.75 Å². The van der Waals surface area contributed by atoms with Crippen LogP contribution in [0.4, 0.5) is 11.5 Å². The van der Waals surface area contributed by atoms with Gasteiger partial charge in [0.25, 0.3) is 0 Å². The molecule has 0 saturated heterocycles. The number of fused-ring (bicyclic) bond motifs is 3. The van der Waals surface area contributed by atoms with Crippen molar-refractivity contribution in [1.29, 1.82) is 0 Å². The molecule has 2 aliphatic rings. The van der Waals surface area contributed by atoms with Crippen LogP contribution in [-0.2, 0) is 21.9 Å². The van der Waals surface area contributed by atoms with E-state index >= 15 is 0 Å². The van der Waals surface area contributed by atoms with Crippen LogP contribution in [0, 0.1) is 0 Å². The number of nitrogens with zero attached hydrogens (tertiary/aromatic N) is 2. The fourth-order valence-corrected chi connectivity index (χ4v) is 5.63. The first-order chi connectivity index (χ1) is 15.1. The lowest BCUT2D eigenvalue weighted by Crippen LogP contribution is -2.32. The summed E-state index contributed by atoms with van der Waals surface area (Å²) in [6.45, 7) is 3.60. The molecule has 0 spiro atoms. The Labute approximate surface area is 188 Å². The summed E-state index contributed by atoms with van der Waals surface area (Å²) in [5.41, 5.74) is 15.4. The van der Waals surface area contributed by atoms with Crippen LogP contribution in [-0.4, -0.2) is 48.0 Å². The van der Waals surface area contributed by atoms with Crippen molar-refractivity contribution in [2.75, 3.05) is 22.8 Å². The van der Waals surface area contributed by atoms with Gasteiger partial charge in [-0.15, -0.1) is 0 Å². The molecule has 2 aliphatic carbocycles. The molecule has 2 aromatic rings. The zero-order valence-corrected chi connectivity index (χ0v) is 19.3. The van der Waals surface area contributed by atoms with E-state index in [2.05, 4.69) is 14.7 Å². The average Bonchev–Trinajstić information content (AvgIpc) is 2.71. The van der Waals surface area contributed by atoms with Crippen molar-refractivity contribution in [3.63, 3.8) is 0 Å². The molecule has 10 heteroatoms. The number of sulfonamides is 1. The molecule has 0 amide bonds. The number of hydrogen-bond acceptors (Lipinski definition) is 8. The first-order valence-corrected chi connectivity index (χ1v) is 12.6. The molecule has 9 nitrogen and oxygen atoms in total. The number of aromatic nitrogens is 2. The highest BCUT2D eigenvalue weighted by atomic mass is 32.2. The molecule has 0 unspecified atom stereocenters. The Morgan fingerprint density at radius 1 is 1.22 bits per heavy atom. The number of hydrogen-bond donors (Lipinski definition) is 4. The maximum absolute atomic E-state index is 12.6. The molecule has 0 atom stereocenters. The fraction of sp³-hybridized carbons (Fsp3) is 0.545. The molecule has 0 aliphatic heterocycles. The highest BCUT2D eigenvalue weighted by Gasteiger charge is 2.37. The van der Waals surface area contributed by atoms with Gasteiger partial charge >= 0.3 is 0 Å². The quantitative estimate of drug-likeness (QED) is 0.509. The van der Waals surface area contributed by atoms with Crippen molar-refractivity contribution in [2.24, 2.45) is 5.73 Å². The van der Waals surface area contributed by atoms with Crippen LogP contribution < -0.4 is 20.9 Å². The molecule has 1 heterocycles. The number of nitrogens with one attached hydrogen (secondary N) is 1. The molecule has 6 N–H and O–H groups in total. The molecule has 0 bridgehead atoms. The summed E-state index contributed by atoms with van der Waals surface area (Å²) in [6, 6.07) is 3.87. The normalized spacial score (nSPS) is 22.0. The Hall–Kier alpha value is -2.43. The second kappa shape index (κ2) is 8.49. The minimum absolute atomic E-state index is 0.0317. The SMILES string of the molecule is CC1(C)Cc2c(ccc(O[C@H]3CC[C@H](N)CC3)c2NS(=O)(=O)CCO)-c2ncnc(N)c21. The maximum atomic E-state index is 12.6. The Morgan fingerprint density at radius 3 is 2.62 bits per heavy atom. The standard InChI is InChI=1S/C22H31N5O4S/c1-22(2)11-16-15(20-18(22)21(24)26-12-25-20)7-8-17(19(16)27-32(29,30)10-9-28)31-14-5-3-13(23)4-6-14/h7-8,12-14,27-28H,3-6,9-11,23H2,1-2H3,(H2,24,25,26)/t13-,14-. The van der Waals surface area contributed by atoms with E-state index in [9.17, 15) is 13.5 Å². The third-order valence-electron chi connectivity index (χ3n) is 6.33. The smallest absolute Gasteiger partial charge is 0.235 e. The third kappa shape index (κ3) is 4.39. The second-order valence-corrected chi connectivity index (χ2v) is 11.1. The lowest BCUT2D eigenvalue weighted by molar-refractivity contribution is 0.148. The van der Waals surface area contributed by atoms with E-state index in [0.29, 0.717) is 29.4 Å². The van der Waals surface area contributed by atoms with Crippen LogP contribution in [0.3, 0.4) is 0 Å². The Balaban J connectivity index is 1.83. The van der Waals surface area contributed by atoms with Gasteiger partial charge in [0.05, 0.1) is 29.8 Å². The number of aliphatic hydroxyl groups is 1. The Bertz CT molecular complexity index is 1110. The Kier molecular flexibility index (Phi) is 6.04. The second-order valence-electron chi connectivity index (χ2n) is 9.31. The summed E-state index contributed by atoms with van der Waals surface area (Å²) in [6.07, 6.45) is 5.30. The van der Waals surface area contributed by atoms with E-state index in [-0.39, 0.29) is 12.1 Å². The summed E-state index contributed by atoms with van der Waals surface area (Å²) in [7, 11) is -3.77. The van der Waals surface area contributed by atoms with Gasteiger partial charge in [0.2, 0.25) is 10.0 Å². The fourth-order valence-electron chi connectivity index (χ4n) is 4.76. The largest absolute Gasteiger partial charge is 0.488 e. The third-order valence-corrected chi connectivity index (χ3v) is 7.57. The molecule has 0 radical (unpaired) electrons. The average molecular weight is 462 g/mol. The minimum atomic E-state index is -3.77. The summed E-state index contributed by atoms with van der Waals surface area (Å²) in [5.74, 6) is 0.502. The number of rotatable bonds is 6. The minimum Gasteiger partial charge on any atom is -0.488 e. The number of anilines is 2. The van der Waals surface area contributed by atoms with Gasteiger partial charge < -0.3 is 21.3 Å². The summed E-state index contributed by atoms with van der Waals surface area (Å²) >= 11 is 0. The van der Waals surface area contributed by atoms with Crippen LogP contribution >= 0.6 is 0 Å². The van der Waals surface area contributed by atoms with Gasteiger partial charge in [-0.2, -0.15) is 0 Å². The maximum Gasteiger partial charge on any atom is 0.235 e. The predicted octanol–water partition coefficient (Wildman–Crippen LogP) is 1.94. The number of ether oxygens (including phenoxy) is 1. The number of nitrogens with two attached hydrogens (primary N) is 2. The summed E-state index contributed by atoms with van der Waals surface area (Å²) in [4.78, 5) is 8.64. The molecule has 1 aromatic carbocycles. The zero-order chi connectivity index (χ0) is 23.1. The van der Waals surface area contributed by atoms with Crippen LogP contribution in [0.15, 0.2) is 18.5 Å². The lowest BCUT2D eigenvalue weighted by atomic mass is 9.71. The van der Waals surface area contributed by atoms with Gasteiger partial charge in [-0.25, -0.2) is 18.4 Å². The van der Waals surface area contributed by atoms with E-state index < -0.39 is 27.8 Å². The summed E-state index contributed by atoms with van der Waals surface area (Å²) < 4.78 is 34.3. The number of benzene rings is 1. The molecule has 1 aromatic heterocycles. The molecular formula is C22H31N5O4S. The van der Waals surface area contributed by atoms with E-state index in [4.69, 9.17) is 16.2 Å². The molecule has 1 saturated carbocycles. The predicted molar refractivity (Wildman–Crippen MR) is 124 cm³/mol. The van der Waals surface area contributed by atoms with Crippen molar-refractivity contribution in [1.82, 2.24) is 9.97 Å². The van der Waals surface area contributed by atoms with E-state index in [1.165, 1.54) is 6.33 Å². The highest BCUT2D eigenvalue weighted by Crippen LogP contribution is 2.49. The first-order valence-electron chi connectivity index (χ1n) is 10.9. The van der Waals surface area contributed by atoms with Crippen molar-refractivity contribution < 1.29 is 18.3 Å². The summed E-state index contributed by atoms with van der Waals surface area (Å²) in [5, 5.41) is 9.22. The monoisotopic (exact) mass is 461 g/mol. The highest BCUT2D eigenvalue weighted by molar-refractivity contribution is 7.92. The molecule has 4 rings (SSSR count). The topological polar surface area (TPSA) is 153 Å². The molecule has 32 heavy (non-hydrogen) atoms. The van der Waals surface area contributed by atoms with Gasteiger partial charge in [0.15, 0.2) is 0 Å². The first kappa shape index (κ1) is 22.8. The van der Waals surface area contributed by atoms with Crippen LogP contribution in [0.25, 0.3) is 11.3 Å². The lowest BCUT2D eigenvalue weighted by Gasteiger charge is -2.36. The van der Waals surface area contributed by atoms with Crippen LogP contribution in [0.1, 0.15) is 50.7 Å². The zero-order valence-electron chi connectivity index (χ0n) is 18.5. The van der Waals surface area contributed by atoms with Crippen molar-refractivity contribution in [2.45, 2.75) is 63.5 Å². The van der Waals surface area contributed by atoms with Crippen molar-refractivity contribution in [3.8, 4) is 17.0 Å². The van der Waals surface area contributed by atoms with Gasteiger partial charge in [-0.1, -0.05) is 13.8 Å². The van der Waals surface area contributed by atoms with Gasteiger partial charge in [0.1, 0.15) is 17.9 Å². The van der Waals surface area contributed by atoms with E-state index in [1.807, 2.05) is 19.9 Å². The van der Waals surface area contributed by atoms with Gasteiger partial charge in [-0.3, -0.25) is 4.72 Å². The Morgan fingerprint density at radius 2 is 1.94 bits per heavy atom. The van der Waals surface area contributed by atoms with Gasteiger partial charge in [-0.05, 0) is 55.2 Å². The number of aliphatic hydroxyl groups excluding tert-OH is 1. The molecule has 174 valence electrons. The van der Waals surface area contributed by atoms with Crippen LogP contribution in [0.2, 0.25) is 0 Å². The molecule has 1 fully saturated rings. The van der Waals surface area contributed by atoms with Gasteiger partial charge in [0, 0.05) is 17.2 Å². The molecular weight excluding hydrogens is 430 g/mol. The van der Waals surface area contributed by atoms with E-state index in [0.717, 1.165) is 42.4 Å². The van der Waals surface area contributed by atoms with E-state index in [1.54, 1.807) is 6.07 Å². The van der Waals surface area contributed by atoms with Crippen molar-refractivity contribution >= 4 is 21.5 Å². The van der Waals surface area contributed by atoms with Crippen molar-refractivity contribution in [3.05, 3.63) is 29.6 Å².